The van der Waals surface area contributed by atoms with Gasteiger partial charge in [-0.1, -0.05) is 69.9 Å². The maximum absolute atomic E-state index is 14.7. The lowest BCUT2D eigenvalue weighted by Gasteiger charge is -2.48. The van der Waals surface area contributed by atoms with Crippen molar-refractivity contribution < 1.29 is 38.5 Å². The van der Waals surface area contributed by atoms with E-state index in [0.717, 1.165) is 66.1 Å². The molecule has 6 atom stereocenters. The lowest BCUT2D eigenvalue weighted by molar-refractivity contribution is -0.224. The molecule has 6 rings (SSSR count). The Morgan fingerprint density at radius 1 is 0.980 bits per heavy atom. The molecular formula is C37H48IN3O8. The number of aliphatic hydroxyl groups excluding tert-OH is 1. The monoisotopic (exact) mass is 789 g/mol. The van der Waals surface area contributed by atoms with Crippen LogP contribution in [0.2, 0.25) is 0 Å². The van der Waals surface area contributed by atoms with Crippen LogP contribution in [-0.4, -0.2) is 77.3 Å². The van der Waals surface area contributed by atoms with Gasteiger partial charge in [-0.25, -0.2) is 0 Å². The van der Waals surface area contributed by atoms with Gasteiger partial charge < -0.3 is 30.0 Å². The van der Waals surface area contributed by atoms with E-state index in [9.17, 15) is 14.4 Å². The highest BCUT2D eigenvalue weighted by Crippen LogP contribution is 2.58. The van der Waals surface area contributed by atoms with Crippen molar-refractivity contribution in [2.45, 2.75) is 121 Å². The number of hydrogen-bond acceptors (Lipinski definition) is 9. The summed E-state index contributed by atoms with van der Waals surface area (Å²) >= 11 is 2.27. The Labute approximate surface area is 301 Å². The smallest absolute Gasteiger partial charge is 0.327 e. The lowest BCUT2D eigenvalue weighted by Crippen LogP contribution is -2.69. The molecule has 3 aliphatic heterocycles. The second-order valence-electron chi connectivity index (χ2n) is 13.7. The van der Waals surface area contributed by atoms with Crippen LogP contribution < -0.4 is 10.6 Å². The van der Waals surface area contributed by atoms with E-state index in [1.165, 1.54) is 0 Å². The first-order valence-electron chi connectivity index (χ1n) is 17.7. The summed E-state index contributed by atoms with van der Waals surface area (Å²) in [6.07, 6.45) is 5.24. The highest BCUT2D eigenvalue weighted by molar-refractivity contribution is 14.1. The van der Waals surface area contributed by atoms with Gasteiger partial charge in [0.2, 0.25) is 5.91 Å². The summed E-state index contributed by atoms with van der Waals surface area (Å²) in [5.74, 6) is -1.96. The number of halogens is 1. The molecule has 2 aromatic rings. The van der Waals surface area contributed by atoms with Crippen LogP contribution in [0.25, 0.3) is 0 Å². The Morgan fingerprint density at radius 3 is 2.43 bits per heavy atom. The van der Waals surface area contributed by atoms with E-state index < -0.39 is 47.6 Å². The molecule has 266 valence electrons. The largest absolute Gasteiger partial charge is 0.458 e. The van der Waals surface area contributed by atoms with Crippen molar-refractivity contribution in [2.24, 2.45) is 5.41 Å². The summed E-state index contributed by atoms with van der Waals surface area (Å²) in [6, 6.07) is 13.9. The van der Waals surface area contributed by atoms with Gasteiger partial charge in [0, 0.05) is 41.5 Å². The van der Waals surface area contributed by atoms with Gasteiger partial charge in [-0.15, -0.1) is 0 Å². The molecule has 49 heavy (non-hydrogen) atoms. The molecule has 2 amide bonds. The van der Waals surface area contributed by atoms with Gasteiger partial charge in [-0.05, 0) is 64.8 Å². The van der Waals surface area contributed by atoms with Gasteiger partial charge in [0.25, 0.3) is 5.91 Å². The fourth-order valence-electron chi connectivity index (χ4n) is 7.93. The van der Waals surface area contributed by atoms with E-state index in [-0.39, 0.29) is 44.5 Å². The molecule has 3 N–H and O–H groups in total. The molecule has 0 unspecified atom stereocenters. The second kappa shape index (κ2) is 15.7. The molecule has 3 saturated heterocycles. The topological polar surface area (TPSA) is 136 Å². The fraction of sp³-hybridized carbons (Fsp3) is 0.595. The third-order valence-electron chi connectivity index (χ3n) is 10.3. The van der Waals surface area contributed by atoms with Crippen molar-refractivity contribution in [1.29, 1.82) is 0 Å². The van der Waals surface area contributed by atoms with Crippen LogP contribution in [0.4, 0.5) is 0 Å². The minimum absolute atomic E-state index is 0.140. The van der Waals surface area contributed by atoms with Crippen molar-refractivity contribution in [3.63, 3.8) is 0 Å². The molecular weight excluding hydrogens is 741 g/mol. The Bertz CT molecular complexity index is 1500. The van der Waals surface area contributed by atoms with Crippen molar-refractivity contribution >= 4 is 40.4 Å². The molecule has 4 aliphatic rings. The summed E-state index contributed by atoms with van der Waals surface area (Å²) in [4.78, 5) is 48.0. The number of ether oxygens (including phenoxy) is 3. The van der Waals surface area contributed by atoms with Gasteiger partial charge in [-0.2, -0.15) is 5.06 Å². The zero-order chi connectivity index (χ0) is 34.6. The summed E-state index contributed by atoms with van der Waals surface area (Å²) < 4.78 is 21.0. The summed E-state index contributed by atoms with van der Waals surface area (Å²) in [5.41, 5.74) is 0.827. The minimum atomic E-state index is -1.29. The highest BCUT2D eigenvalue weighted by Gasteiger charge is 2.76. The normalized spacial score (nSPS) is 28.2. The second-order valence-corrected chi connectivity index (χ2v) is 14.8. The number of aliphatic hydroxyl groups is 1. The number of nitrogens with zero attached hydrogens (tertiary/aromatic N) is 1. The number of hydrogen-bond donors (Lipinski definition) is 3. The first kappa shape index (κ1) is 36.2. The molecule has 3 heterocycles. The van der Waals surface area contributed by atoms with Crippen LogP contribution >= 0.6 is 22.6 Å². The quantitative estimate of drug-likeness (QED) is 0.125. The SMILES string of the molecule is CCCCCC1(CCCCC)O[C@@H]2[C@H](O1)[C@H]1ON(Cc3ccccc3I)[C@H]3C(=O)O[C@@H]2C[C@@]13C(=O)NCc1cccc(C(=O)NCCO)c1. The molecule has 0 radical (unpaired) electrons. The fourth-order valence-corrected chi connectivity index (χ4v) is 8.49. The number of hydroxylamine groups is 2. The summed E-state index contributed by atoms with van der Waals surface area (Å²) in [7, 11) is 0. The predicted molar refractivity (Wildman–Crippen MR) is 189 cm³/mol. The van der Waals surface area contributed by atoms with Crippen molar-refractivity contribution in [3.05, 3.63) is 68.8 Å². The number of esters is 1. The zero-order valence-corrected chi connectivity index (χ0v) is 30.5. The molecule has 2 bridgehead atoms. The molecule has 1 aliphatic carbocycles. The molecule has 1 saturated carbocycles. The van der Waals surface area contributed by atoms with E-state index in [1.807, 2.05) is 30.3 Å². The van der Waals surface area contributed by atoms with Crippen molar-refractivity contribution in [1.82, 2.24) is 15.7 Å². The van der Waals surface area contributed by atoms with Crippen LogP contribution in [0.3, 0.4) is 0 Å². The number of nitrogens with one attached hydrogen (secondary N) is 2. The van der Waals surface area contributed by atoms with Gasteiger partial charge >= 0.3 is 5.97 Å². The average molecular weight is 790 g/mol. The average Bonchev–Trinajstić information content (AvgIpc) is 3.66. The Morgan fingerprint density at radius 2 is 1.71 bits per heavy atom. The maximum atomic E-state index is 14.7. The van der Waals surface area contributed by atoms with Crippen molar-refractivity contribution in [2.75, 3.05) is 13.2 Å². The predicted octanol–water partition coefficient (Wildman–Crippen LogP) is 4.77. The third-order valence-corrected chi connectivity index (χ3v) is 11.4. The van der Waals surface area contributed by atoms with Crippen LogP contribution in [0, 0.1) is 8.99 Å². The van der Waals surface area contributed by atoms with Gasteiger partial charge in [0.15, 0.2) is 11.8 Å². The summed E-state index contributed by atoms with van der Waals surface area (Å²) in [5, 5.41) is 16.5. The molecule has 2 aromatic carbocycles. The maximum Gasteiger partial charge on any atom is 0.327 e. The number of amides is 2. The minimum Gasteiger partial charge on any atom is -0.458 e. The van der Waals surface area contributed by atoms with Crippen LogP contribution in [0.5, 0.6) is 0 Å². The number of unbranched alkanes of at least 4 members (excludes halogenated alkanes) is 4. The summed E-state index contributed by atoms with van der Waals surface area (Å²) in [6.45, 7) is 4.75. The van der Waals surface area contributed by atoms with E-state index in [2.05, 4.69) is 47.1 Å². The molecule has 11 nitrogen and oxygen atoms in total. The van der Waals surface area contributed by atoms with Crippen LogP contribution in [0.1, 0.15) is 93.1 Å². The first-order valence-corrected chi connectivity index (χ1v) is 18.8. The Hall–Kier alpha value is -2.62. The van der Waals surface area contributed by atoms with Gasteiger partial charge in [0.1, 0.15) is 29.8 Å². The Balaban J connectivity index is 1.32. The van der Waals surface area contributed by atoms with Crippen molar-refractivity contribution in [3.8, 4) is 0 Å². The standard InChI is InChI=1S/C37H48IN3O8/c1-3-5-9-16-36(17-10-6-4-2)47-29-28-21-37(35(45)40-22-24-12-11-14-25(20-24)33(43)39-18-19-42)31(34(44)46-28)41(49-32(37)30(29)48-36)23-26-13-7-8-15-27(26)38/h7-8,11-15,20,28-32,42H,3-6,9-10,16-19,21-23H2,1-2H3,(H,39,43)(H,40,45)/t28-,29+,30+,31+,32-,37+/m1/s1. The number of fused-ring (bicyclic) bond motifs is 4. The number of rotatable bonds is 16. The molecule has 12 heteroatoms. The van der Waals surface area contributed by atoms with E-state index in [1.54, 1.807) is 23.3 Å². The highest BCUT2D eigenvalue weighted by atomic mass is 127. The third kappa shape index (κ3) is 7.27. The lowest BCUT2D eigenvalue weighted by atomic mass is 9.62. The number of carbonyl (C=O) groups excluding carboxylic acids is 3. The van der Waals surface area contributed by atoms with Gasteiger partial charge in [-0.3, -0.25) is 19.2 Å². The molecule has 0 aromatic heterocycles. The zero-order valence-electron chi connectivity index (χ0n) is 28.3. The molecule has 0 spiro atoms. The van der Waals surface area contributed by atoms with Crippen LogP contribution in [0.15, 0.2) is 48.5 Å². The Kier molecular flexibility index (Phi) is 11.6. The van der Waals surface area contributed by atoms with E-state index >= 15 is 0 Å². The molecule has 4 fully saturated rings. The van der Waals surface area contributed by atoms with E-state index in [0.29, 0.717) is 5.56 Å². The first-order chi connectivity index (χ1) is 23.7. The number of carbonyl (C=O) groups is 3. The number of benzene rings is 2. The van der Waals surface area contributed by atoms with Gasteiger partial charge in [0.05, 0.1) is 13.2 Å². The van der Waals surface area contributed by atoms with Crippen LogP contribution in [-0.2, 0) is 41.7 Å². The van der Waals surface area contributed by atoms with E-state index in [4.69, 9.17) is 24.2 Å².